The average molecular weight is 295 g/mol. The van der Waals surface area contributed by atoms with Crippen molar-refractivity contribution < 1.29 is 4.79 Å². The van der Waals surface area contributed by atoms with Gasteiger partial charge in [-0.3, -0.25) is 9.78 Å². The van der Waals surface area contributed by atoms with Crippen molar-refractivity contribution in [3.8, 4) is 10.6 Å². The van der Waals surface area contributed by atoms with Gasteiger partial charge in [-0.1, -0.05) is 18.2 Å². The molecule has 1 amide bonds. The van der Waals surface area contributed by atoms with Gasteiger partial charge in [0.1, 0.15) is 10.7 Å². The van der Waals surface area contributed by atoms with Crippen molar-refractivity contribution in [2.75, 3.05) is 11.9 Å². The monoisotopic (exact) mass is 295 g/mol. The van der Waals surface area contributed by atoms with Gasteiger partial charge in [0.15, 0.2) is 0 Å². The average Bonchev–Trinajstić information content (AvgIpc) is 3.05. The summed E-state index contributed by atoms with van der Waals surface area (Å²) in [5, 5.41) is 2.58. The first kappa shape index (κ1) is 13.5. The molecule has 2 aromatic heterocycles. The first-order chi connectivity index (χ1) is 10.3. The van der Waals surface area contributed by atoms with Crippen molar-refractivity contribution in [2.45, 2.75) is 0 Å². The quantitative estimate of drug-likeness (QED) is 0.743. The first-order valence-electron chi connectivity index (χ1n) is 6.45. The molecule has 0 atom stereocenters. The maximum Gasteiger partial charge on any atom is 0.277 e. The van der Waals surface area contributed by atoms with Crippen LogP contribution in [0, 0.1) is 0 Å². The number of carbonyl (C=O) groups is 1. The summed E-state index contributed by atoms with van der Waals surface area (Å²) in [5.41, 5.74) is 2.22. The molecule has 2 heterocycles. The van der Waals surface area contributed by atoms with Gasteiger partial charge in [-0.05, 0) is 24.3 Å². The maximum absolute atomic E-state index is 12.4. The summed E-state index contributed by atoms with van der Waals surface area (Å²) in [7, 11) is 1.75. The molecule has 4 nitrogen and oxygen atoms in total. The van der Waals surface area contributed by atoms with Gasteiger partial charge < -0.3 is 4.90 Å². The van der Waals surface area contributed by atoms with E-state index < -0.39 is 0 Å². The smallest absolute Gasteiger partial charge is 0.277 e. The summed E-state index contributed by atoms with van der Waals surface area (Å²) in [5.74, 6) is -0.118. The minimum atomic E-state index is -0.118. The summed E-state index contributed by atoms with van der Waals surface area (Å²) >= 11 is 1.44. The van der Waals surface area contributed by atoms with Gasteiger partial charge in [-0.2, -0.15) is 0 Å². The summed E-state index contributed by atoms with van der Waals surface area (Å²) in [6.45, 7) is 0. The van der Waals surface area contributed by atoms with Crippen LogP contribution >= 0.6 is 11.3 Å². The van der Waals surface area contributed by atoms with Crippen LogP contribution in [0.15, 0.2) is 60.2 Å². The van der Waals surface area contributed by atoms with Crippen molar-refractivity contribution in [1.82, 2.24) is 9.97 Å². The van der Waals surface area contributed by atoms with Gasteiger partial charge in [0.05, 0.1) is 0 Å². The van der Waals surface area contributed by atoms with Gasteiger partial charge in [0.2, 0.25) is 0 Å². The lowest BCUT2D eigenvalue weighted by molar-refractivity contribution is 0.0989. The summed E-state index contributed by atoms with van der Waals surface area (Å²) in [6.07, 6.45) is 3.46. The number of hydrogen-bond donors (Lipinski definition) is 0. The highest BCUT2D eigenvalue weighted by molar-refractivity contribution is 7.13. The zero-order chi connectivity index (χ0) is 14.7. The van der Waals surface area contributed by atoms with Gasteiger partial charge in [-0.25, -0.2) is 4.98 Å². The highest BCUT2D eigenvalue weighted by atomic mass is 32.1. The summed E-state index contributed by atoms with van der Waals surface area (Å²) < 4.78 is 0. The molecule has 0 aliphatic heterocycles. The molecule has 0 unspecified atom stereocenters. The Labute approximate surface area is 126 Å². The number of carbonyl (C=O) groups excluding carboxylic acids is 1. The van der Waals surface area contributed by atoms with Gasteiger partial charge in [-0.15, -0.1) is 11.3 Å². The Bertz CT molecular complexity index is 740. The Balaban J connectivity index is 1.85. The molecular formula is C16H13N3OS. The third-order valence-electron chi connectivity index (χ3n) is 3.08. The Hall–Kier alpha value is -2.53. The molecule has 0 saturated carbocycles. The van der Waals surface area contributed by atoms with E-state index in [0.717, 1.165) is 16.3 Å². The highest BCUT2D eigenvalue weighted by Gasteiger charge is 2.17. The molecule has 0 fully saturated rings. The molecule has 0 spiro atoms. The van der Waals surface area contributed by atoms with Gasteiger partial charge in [0.25, 0.3) is 5.91 Å². The van der Waals surface area contributed by atoms with Crippen molar-refractivity contribution >= 4 is 22.9 Å². The molecule has 3 aromatic rings. The molecule has 0 bridgehead atoms. The fourth-order valence-electron chi connectivity index (χ4n) is 1.93. The maximum atomic E-state index is 12.4. The van der Waals surface area contributed by atoms with Crippen LogP contribution in [0.5, 0.6) is 0 Å². The third-order valence-corrected chi connectivity index (χ3v) is 3.97. The molecule has 0 aliphatic rings. The van der Waals surface area contributed by atoms with Crippen molar-refractivity contribution in [2.24, 2.45) is 0 Å². The van der Waals surface area contributed by atoms with E-state index in [4.69, 9.17) is 0 Å². The van der Waals surface area contributed by atoms with Crippen LogP contribution in [0.3, 0.4) is 0 Å². The topological polar surface area (TPSA) is 46.1 Å². The van der Waals surface area contributed by atoms with E-state index in [1.54, 1.807) is 29.7 Å². The number of nitrogens with zero attached hydrogens (tertiary/aromatic N) is 3. The molecule has 21 heavy (non-hydrogen) atoms. The molecule has 104 valence electrons. The minimum absolute atomic E-state index is 0.118. The standard InChI is InChI=1S/C16H13N3OS/c1-19(13-7-3-2-4-8-13)16(20)14-11-21-15(18-14)12-6-5-9-17-10-12/h2-11H,1H3. The zero-order valence-electron chi connectivity index (χ0n) is 11.4. The number of aromatic nitrogens is 2. The second-order valence-corrected chi connectivity index (χ2v) is 5.34. The van der Waals surface area contributed by atoms with E-state index in [1.807, 2.05) is 42.5 Å². The number of anilines is 1. The fourth-order valence-corrected chi connectivity index (χ4v) is 2.72. The molecule has 3 rings (SSSR count). The summed E-state index contributed by atoms with van der Waals surface area (Å²) in [4.78, 5) is 22.5. The molecule has 0 aliphatic carbocycles. The minimum Gasteiger partial charge on any atom is -0.310 e. The van der Waals surface area contributed by atoms with E-state index in [0.29, 0.717) is 5.69 Å². The number of rotatable bonds is 3. The lowest BCUT2D eigenvalue weighted by Gasteiger charge is -2.15. The first-order valence-corrected chi connectivity index (χ1v) is 7.33. The second-order valence-electron chi connectivity index (χ2n) is 4.48. The number of benzene rings is 1. The van der Waals surface area contributed by atoms with Crippen molar-refractivity contribution in [3.63, 3.8) is 0 Å². The SMILES string of the molecule is CN(C(=O)c1csc(-c2cccnc2)n1)c1ccccc1. The van der Waals surface area contributed by atoms with Crippen molar-refractivity contribution in [1.29, 1.82) is 0 Å². The number of thiazole rings is 1. The molecule has 0 N–H and O–H groups in total. The zero-order valence-corrected chi connectivity index (χ0v) is 12.2. The highest BCUT2D eigenvalue weighted by Crippen LogP contribution is 2.24. The van der Waals surface area contributed by atoms with Gasteiger partial charge in [0, 0.05) is 36.1 Å². The Morgan fingerprint density at radius 2 is 1.95 bits per heavy atom. The lowest BCUT2D eigenvalue weighted by Crippen LogP contribution is -2.26. The predicted octanol–water partition coefficient (Wildman–Crippen LogP) is 3.48. The lowest BCUT2D eigenvalue weighted by atomic mass is 10.3. The van der Waals surface area contributed by atoms with E-state index in [2.05, 4.69) is 9.97 Å². The third kappa shape index (κ3) is 2.83. The number of hydrogen-bond acceptors (Lipinski definition) is 4. The number of amides is 1. The Morgan fingerprint density at radius 1 is 1.14 bits per heavy atom. The van der Waals surface area contributed by atoms with Crippen molar-refractivity contribution in [3.05, 3.63) is 65.9 Å². The fraction of sp³-hybridized carbons (Fsp3) is 0.0625. The Morgan fingerprint density at radius 3 is 2.67 bits per heavy atom. The predicted molar refractivity (Wildman–Crippen MR) is 84.5 cm³/mol. The molecule has 1 aromatic carbocycles. The van der Waals surface area contributed by atoms with E-state index in [1.165, 1.54) is 11.3 Å². The number of pyridine rings is 1. The Kier molecular flexibility index (Phi) is 3.75. The molecule has 5 heteroatoms. The number of para-hydroxylation sites is 1. The van der Waals surface area contributed by atoms with Crippen LogP contribution in [0.2, 0.25) is 0 Å². The van der Waals surface area contributed by atoms with Crippen LogP contribution in [-0.2, 0) is 0 Å². The molecule has 0 radical (unpaired) electrons. The molecule has 0 saturated heterocycles. The summed E-state index contributed by atoms with van der Waals surface area (Å²) in [6, 6.07) is 13.3. The second kappa shape index (κ2) is 5.85. The van der Waals surface area contributed by atoms with Crippen LogP contribution in [0.1, 0.15) is 10.5 Å². The van der Waals surface area contributed by atoms with Crippen LogP contribution < -0.4 is 4.90 Å². The van der Waals surface area contributed by atoms with Crippen LogP contribution in [0.4, 0.5) is 5.69 Å². The normalized spacial score (nSPS) is 10.3. The van der Waals surface area contributed by atoms with Crippen LogP contribution in [-0.4, -0.2) is 22.9 Å². The molecular weight excluding hydrogens is 282 g/mol. The largest absolute Gasteiger partial charge is 0.310 e. The van der Waals surface area contributed by atoms with Crippen LogP contribution in [0.25, 0.3) is 10.6 Å². The van der Waals surface area contributed by atoms with E-state index in [9.17, 15) is 4.79 Å². The van der Waals surface area contributed by atoms with E-state index in [-0.39, 0.29) is 5.91 Å². The van der Waals surface area contributed by atoms with E-state index >= 15 is 0 Å². The van der Waals surface area contributed by atoms with Gasteiger partial charge >= 0.3 is 0 Å².